The zero-order chi connectivity index (χ0) is 13.8. The quantitative estimate of drug-likeness (QED) is 0.648. The highest BCUT2D eigenvalue weighted by Crippen LogP contribution is 2.22. The molecule has 6 heteroatoms. The molecule has 2 aromatic heterocycles. The second kappa shape index (κ2) is 5.79. The van der Waals surface area contributed by atoms with Crippen LogP contribution in [-0.4, -0.2) is 21.8 Å². The van der Waals surface area contributed by atoms with Crippen LogP contribution in [0.15, 0.2) is 29.9 Å². The van der Waals surface area contributed by atoms with E-state index in [9.17, 15) is 0 Å². The van der Waals surface area contributed by atoms with E-state index in [0.717, 1.165) is 6.54 Å². The normalized spacial score (nSPS) is 10.7. The fraction of sp³-hybridized carbons (Fsp3) is 0.308. The van der Waals surface area contributed by atoms with Crippen molar-refractivity contribution in [1.82, 2.24) is 9.97 Å². The first-order valence-corrected chi connectivity index (χ1v) is 6.92. The van der Waals surface area contributed by atoms with Crippen LogP contribution in [0.5, 0.6) is 0 Å². The molecule has 0 amide bonds. The van der Waals surface area contributed by atoms with Crippen molar-refractivity contribution in [3.05, 3.63) is 40.5 Å². The third kappa shape index (κ3) is 3.08. The van der Waals surface area contributed by atoms with E-state index in [2.05, 4.69) is 40.2 Å². The molecule has 0 unspecified atom stereocenters. The highest BCUT2D eigenvalue weighted by Gasteiger charge is 2.19. The molecule has 19 heavy (non-hydrogen) atoms. The van der Waals surface area contributed by atoms with Crippen molar-refractivity contribution in [2.24, 2.45) is 5.73 Å². The SMILES string of the molecule is CC(C)N(Cc1cccs1)c1nccnc1C(=N)N. The maximum atomic E-state index is 7.61. The lowest BCUT2D eigenvalue weighted by Crippen LogP contribution is -2.33. The molecule has 100 valence electrons. The first-order chi connectivity index (χ1) is 9.09. The minimum atomic E-state index is -0.0556. The van der Waals surface area contributed by atoms with Gasteiger partial charge in [0.15, 0.2) is 5.82 Å². The average Bonchev–Trinajstić information content (AvgIpc) is 2.88. The van der Waals surface area contributed by atoms with E-state index in [0.29, 0.717) is 11.5 Å². The Morgan fingerprint density at radius 2 is 2.16 bits per heavy atom. The van der Waals surface area contributed by atoms with Crippen molar-refractivity contribution < 1.29 is 0 Å². The summed E-state index contributed by atoms with van der Waals surface area (Å²) in [5.41, 5.74) is 6.02. The van der Waals surface area contributed by atoms with Crippen LogP contribution >= 0.6 is 11.3 Å². The van der Waals surface area contributed by atoms with Crippen LogP contribution in [0.25, 0.3) is 0 Å². The summed E-state index contributed by atoms with van der Waals surface area (Å²) < 4.78 is 0. The van der Waals surface area contributed by atoms with E-state index in [1.165, 1.54) is 4.88 Å². The summed E-state index contributed by atoms with van der Waals surface area (Å²) in [5.74, 6) is 0.610. The zero-order valence-electron chi connectivity index (χ0n) is 11.0. The highest BCUT2D eigenvalue weighted by molar-refractivity contribution is 7.09. The molecule has 0 aliphatic carbocycles. The van der Waals surface area contributed by atoms with E-state index in [1.807, 2.05) is 6.07 Å². The lowest BCUT2D eigenvalue weighted by Gasteiger charge is -2.28. The third-order valence-electron chi connectivity index (χ3n) is 2.74. The van der Waals surface area contributed by atoms with E-state index >= 15 is 0 Å². The van der Waals surface area contributed by atoms with Gasteiger partial charge in [-0.15, -0.1) is 11.3 Å². The van der Waals surface area contributed by atoms with E-state index < -0.39 is 0 Å². The number of nitrogens with one attached hydrogen (secondary N) is 1. The second-order valence-electron chi connectivity index (χ2n) is 4.44. The van der Waals surface area contributed by atoms with Gasteiger partial charge >= 0.3 is 0 Å². The molecule has 0 atom stereocenters. The molecule has 0 fully saturated rings. The minimum absolute atomic E-state index is 0.0556. The molecule has 2 rings (SSSR count). The number of thiophene rings is 1. The standard InChI is InChI=1S/C13H17N5S/c1-9(2)18(8-10-4-3-7-19-10)13-11(12(14)15)16-5-6-17-13/h3-7,9H,8H2,1-2H3,(H3,14,15). The van der Waals surface area contributed by atoms with Gasteiger partial charge in [-0.05, 0) is 25.3 Å². The number of rotatable bonds is 5. The van der Waals surface area contributed by atoms with Crippen LogP contribution in [0.2, 0.25) is 0 Å². The van der Waals surface area contributed by atoms with Gasteiger partial charge in [0, 0.05) is 23.3 Å². The molecule has 2 heterocycles. The number of amidine groups is 1. The van der Waals surface area contributed by atoms with Crippen LogP contribution in [0.1, 0.15) is 24.4 Å². The predicted octanol–water partition coefficient (Wildman–Crippen LogP) is 2.24. The Balaban J connectivity index is 2.36. The van der Waals surface area contributed by atoms with Crippen LogP contribution in [-0.2, 0) is 6.54 Å². The summed E-state index contributed by atoms with van der Waals surface area (Å²) >= 11 is 1.70. The molecular formula is C13H17N5S. The number of hydrogen-bond donors (Lipinski definition) is 2. The Bertz CT molecular complexity index is 550. The van der Waals surface area contributed by atoms with Gasteiger partial charge in [-0.2, -0.15) is 0 Å². The van der Waals surface area contributed by atoms with Gasteiger partial charge in [-0.3, -0.25) is 5.41 Å². The molecule has 2 aromatic rings. The van der Waals surface area contributed by atoms with Crippen molar-refractivity contribution in [1.29, 1.82) is 5.41 Å². The van der Waals surface area contributed by atoms with Crippen LogP contribution in [0.4, 0.5) is 5.82 Å². The van der Waals surface area contributed by atoms with Gasteiger partial charge in [0.1, 0.15) is 11.5 Å². The number of hydrogen-bond acceptors (Lipinski definition) is 5. The van der Waals surface area contributed by atoms with Crippen LogP contribution in [0.3, 0.4) is 0 Å². The molecule has 0 bridgehead atoms. The van der Waals surface area contributed by atoms with Gasteiger partial charge in [-0.1, -0.05) is 6.07 Å². The van der Waals surface area contributed by atoms with Crippen molar-refractivity contribution in [2.45, 2.75) is 26.4 Å². The minimum Gasteiger partial charge on any atom is -0.382 e. The Hall–Kier alpha value is -1.95. The van der Waals surface area contributed by atoms with Gasteiger partial charge in [-0.25, -0.2) is 9.97 Å². The first kappa shape index (κ1) is 13.5. The largest absolute Gasteiger partial charge is 0.382 e. The predicted molar refractivity (Wildman–Crippen MR) is 78.7 cm³/mol. The van der Waals surface area contributed by atoms with Gasteiger partial charge in [0.2, 0.25) is 0 Å². The van der Waals surface area contributed by atoms with Crippen molar-refractivity contribution >= 4 is 23.0 Å². The highest BCUT2D eigenvalue weighted by atomic mass is 32.1. The maximum Gasteiger partial charge on any atom is 0.158 e. The van der Waals surface area contributed by atoms with Crippen LogP contribution in [0, 0.1) is 5.41 Å². The summed E-state index contributed by atoms with van der Waals surface area (Å²) in [6.45, 7) is 4.92. The third-order valence-corrected chi connectivity index (χ3v) is 3.60. The number of nitrogen functional groups attached to an aromatic ring is 1. The summed E-state index contributed by atoms with van der Waals surface area (Å²) in [4.78, 5) is 11.9. The molecule has 5 nitrogen and oxygen atoms in total. The summed E-state index contributed by atoms with van der Waals surface area (Å²) in [6, 6.07) is 4.36. The Kier molecular flexibility index (Phi) is 4.11. The van der Waals surface area contributed by atoms with E-state index in [-0.39, 0.29) is 11.9 Å². The van der Waals surface area contributed by atoms with E-state index in [1.54, 1.807) is 23.7 Å². The summed E-state index contributed by atoms with van der Waals surface area (Å²) in [6.07, 6.45) is 3.19. The van der Waals surface area contributed by atoms with Gasteiger partial charge in [0.25, 0.3) is 0 Å². The molecule has 0 aliphatic rings. The summed E-state index contributed by atoms with van der Waals surface area (Å²) in [5, 5.41) is 9.66. The number of nitrogens with zero attached hydrogens (tertiary/aromatic N) is 3. The van der Waals surface area contributed by atoms with Gasteiger partial charge in [0.05, 0.1) is 6.54 Å². The monoisotopic (exact) mass is 275 g/mol. The smallest absolute Gasteiger partial charge is 0.158 e. The van der Waals surface area contributed by atoms with Crippen molar-refractivity contribution in [3.8, 4) is 0 Å². The lowest BCUT2D eigenvalue weighted by atomic mass is 10.2. The second-order valence-corrected chi connectivity index (χ2v) is 5.48. The van der Waals surface area contributed by atoms with Crippen LogP contribution < -0.4 is 10.6 Å². The van der Waals surface area contributed by atoms with Crippen molar-refractivity contribution in [2.75, 3.05) is 4.90 Å². The molecule has 0 saturated heterocycles. The molecule has 0 aromatic carbocycles. The number of aromatic nitrogens is 2. The fourth-order valence-electron chi connectivity index (χ4n) is 1.80. The molecule has 0 aliphatic heterocycles. The van der Waals surface area contributed by atoms with Gasteiger partial charge < -0.3 is 10.6 Å². The fourth-order valence-corrected chi connectivity index (χ4v) is 2.51. The first-order valence-electron chi connectivity index (χ1n) is 6.04. The Labute approximate surface area is 116 Å². The molecule has 0 radical (unpaired) electrons. The number of anilines is 1. The zero-order valence-corrected chi connectivity index (χ0v) is 11.8. The van der Waals surface area contributed by atoms with E-state index in [4.69, 9.17) is 11.1 Å². The number of nitrogens with two attached hydrogens (primary N) is 1. The molecule has 3 N–H and O–H groups in total. The molecule has 0 spiro atoms. The average molecular weight is 275 g/mol. The van der Waals surface area contributed by atoms with Crippen molar-refractivity contribution in [3.63, 3.8) is 0 Å². The summed E-state index contributed by atoms with van der Waals surface area (Å²) in [7, 11) is 0. The molecular weight excluding hydrogens is 258 g/mol. The molecule has 0 saturated carbocycles. The maximum absolute atomic E-state index is 7.61. The topological polar surface area (TPSA) is 78.9 Å². The lowest BCUT2D eigenvalue weighted by molar-refractivity contribution is 0.674. The Morgan fingerprint density at radius 1 is 1.42 bits per heavy atom. The Morgan fingerprint density at radius 3 is 2.74 bits per heavy atom.